The van der Waals surface area contributed by atoms with Crippen LogP contribution >= 0.6 is 34.8 Å². The van der Waals surface area contributed by atoms with E-state index in [9.17, 15) is 0 Å². The number of hydrogen-bond donors (Lipinski definition) is 0. The molecule has 4 atom stereocenters. The fourth-order valence-electron chi connectivity index (χ4n) is 6.29. The number of halogens is 3. The predicted octanol–water partition coefficient (Wildman–Crippen LogP) is 6.77. The summed E-state index contributed by atoms with van der Waals surface area (Å²) in [6.07, 6.45) is 8.10. The average Bonchev–Trinajstić information content (AvgIpc) is 3.21. The number of fused-ring (bicyclic) bond motifs is 4. The topological polar surface area (TPSA) is 12.9 Å². The van der Waals surface area contributed by atoms with Gasteiger partial charge in [-0.15, -0.1) is 34.8 Å². The first-order valence-electron chi connectivity index (χ1n) is 10.2. The molecule has 4 heteroatoms. The third-order valence-electron chi connectivity index (χ3n) is 7.57. The Balaban J connectivity index is 1.62. The molecule has 0 amide bonds. The van der Waals surface area contributed by atoms with E-state index in [1.807, 2.05) is 0 Å². The summed E-state index contributed by atoms with van der Waals surface area (Å²) in [6.45, 7) is 0. The molecular formula is C23H22Cl3N. The van der Waals surface area contributed by atoms with Crippen LogP contribution in [0.5, 0.6) is 0 Å². The summed E-state index contributed by atoms with van der Waals surface area (Å²) >= 11 is 20.3. The lowest BCUT2D eigenvalue weighted by Gasteiger charge is -2.48. The smallest absolute Gasteiger partial charge is 0.127 e. The number of alkyl halides is 3. The van der Waals surface area contributed by atoms with Crippen LogP contribution in [0.1, 0.15) is 66.5 Å². The maximum absolute atomic E-state index is 6.78. The highest BCUT2D eigenvalue weighted by atomic mass is 35.5. The maximum atomic E-state index is 6.78. The molecule has 1 aromatic carbocycles. The molecule has 2 saturated carbocycles. The Labute approximate surface area is 175 Å². The SMILES string of the molecule is Cl[C@@H]1[C@@H]2c3nc4c(c(-c5ccccc5)c3[C@H]3CC(Cl)(Cl)[C@@]312)CCCCCC4. The molecule has 1 spiro atoms. The van der Waals surface area contributed by atoms with Crippen LogP contribution in [0.4, 0.5) is 0 Å². The largest absolute Gasteiger partial charge is 0.257 e. The van der Waals surface area contributed by atoms with E-state index in [0.717, 1.165) is 19.3 Å². The van der Waals surface area contributed by atoms with Crippen LogP contribution in [0, 0.1) is 5.41 Å². The van der Waals surface area contributed by atoms with Crippen molar-refractivity contribution in [2.24, 2.45) is 5.41 Å². The fraction of sp³-hybridized carbons (Fsp3) is 0.522. The highest BCUT2D eigenvalue weighted by molar-refractivity contribution is 6.51. The van der Waals surface area contributed by atoms with Gasteiger partial charge in [-0.3, -0.25) is 4.98 Å². The third-order valence-corrected chi connectivity index (χ3v) is 9.15. The molecule has 1 heterocycles. The average molecular weight is 419 g/mol. The first kappa shape index (κ1) is 17.1. The maximum Gasteiger partial charge on any atom is 0.127 e. The molecule has 0 unspecified atom stereocenters. The Bertz CT molecular complexity index is 938. The minimum Gasteiger partial charge on any atom is -0.257 e. The van der Waals surface area contributed by atoms with Gasteiger partial charge in [0.25, 0.3) is 0 Å². The predicted molar refractivity (Wildman–Crippen MR) is 112 cm³/mol. The van der Waals surface area contributed by atoms with E-state index in [0.29, 0.717) is 5.92 Å². The van der Waals surface area contributed by atoms with Crippen LogP contribution in [-0.4, -0.2) is 14.7 Å². The van der Waals surface area contributed by atoms with Gasteiger partial charge in [0.15, 0.2) is 0 Å². The van der Waals surface area contributed by atoms with E-state index < -0.39 is 4.33 Å². The zero-order valence-electron chi connectivity index (χ0n) is 15.1. The second-order valence-electron chi connectivity index (χ2n) is 8.76. The van der Waals surface area contributed by atoms with Gasteiger partial charge in [-0.1, -0.05) is 43.2 Å². The molecule has 0 N–H and O–H groups in total. The molecule has 1 nitrogen and oxygen atoms in total. The minimum atomic E-state index is -0.711. The highest BCUT2D eigenvalue weighted by Gasteiger charge is 2.87. The standard InChI is InChI=1S/C23H22Cl3N/c24-21-19-20-18(15-12-22(25,26)23(15,19)21)17(13-8-4-3-5-9-13)14-10-6-1-2-7-11-16(14)27-20/h3-5,8-9,15,19,21H,1-2,6-7,10-12H2/t15-,19+,21-,23-/m1/s1. The van der Waals surface area contributed by atoms with Gasteiger partial charge in [0.2, 0.25) is 0 Å². The summed E-state index contributed by atoms with van der Waals surface area (Å²) in [7, 11) is 0. The molecule has 4 aliphatic carbocycles. The molecule has 27 heavy (non-hydrogen) atoms. The third kappa shape index (κ3) is 2.02. The molecule has 2 aromatic rings. The fourth-order valence-corrected chi connectivity index (χ4v) is 8.17. The lowest BCUT2D eigenvalue weighted by Crippen LogP contribution is -2.47. The van der Waals surface area contributed by atoms with E-state index in [4.69, 9.17) is 39.8 Å². The second kappa shape index (κ2) is 5.65. The number of rotatable bonds is 1. The van der Waals surface area contributed by atoms with Crippen LogP contribution in [0.3, 0.4) is 0 Å². The van der Waals surface area contributed by atoms with Crippen molar-refractivity contribution in [2.75, 3.05) is 0 Å². The van der Waals surface area contributed by atoms with Gasteiger partial charge in [-0.05, 0) is 60.3 Å². The normalized spacial score (nSPS) is 35.0. The molecule has 0 saturated heterocycles. The minimum absolute atomic E-state index is 0.0291. The molecule has 6 rings (SSSR count). The first-order valence-corrected chi connectivity index (χ1v) is 11.4. The first-order chi connectivity index (χ1) is 13.1. The van der Waals surface area contributed by atoms with Crippen LogP contribution in [0.2, 0.25) is 0 Å². The summed E-state index contributed by atoms with van der Waals surface area (Å²) in [5, 5.41) is 0.0291. The Kier molecular flexibility index (Phi) is 3.58. The molecule has 140 valence electrons. The summed E-state index contributed by atoms with van der Waals surface area (Å²) < 4.78 is -0.711. The van der Waals surface area contributed by atoms with Crippen LogP contribution in [0.25, 0.3) is 11.1 Å². The number of benzene rings is 1. The quantitative estimate of drug-likeness (QED) is 0.465. The van der Waals surface area contributed by atoms with Crippen LogP contribution in [-0.2, 0) is 12.8 Å². The van der Waals surface area contributed by atoms with E-state index in [1.54, 1.807) is 0 Å². The molecule has 2 fully saturated rings. The number of aromatic nitrogens is 1. The number of nitrogens with zero attached hydrogens (tertiary/aromatic N) is 1. The van der Waals surface area contributed by atoms with Gasteiger partial charge in [0, 0.05) is 17.0 Å². The molecule has 0 radical (unpaired) electrons. The van der Waals surface area contributed by atoms with Gasteiger partial charge in [0.05, 0.1) is 11.1 Å². The van der Waals surface area contributed by atoms with Crippen LogP contribution in [0.15, 0.2) is 30.3 Å². The van der Waals surface area contributed by atoms with Crippen molar-refractivity contribution >= 4 is 34.8 Å². The van der Waals surface area contributed by atoms with E-state index in [-0.39, 0.29) is 16.7 Å². The summed E-state index contributed by atoms with van der Waals surface area (Å²) in [4.78, 5) is 5.25. The van der Waals surface area contributed by atoms with Gasteiger partial charge >= 0.3 is 0 Å². The van der Waals surface area contributed by atoms with Crippen molar-refractivity contribution in [2.45, 2.75) is 66.5 Å². The number of aryl methyl sites for hydroxylation is 1. The lowest BCUT2D eigenvalue weighted by molar-refractivity contribution is 0.212. The summed E-state index contributed by atoms with van der Waals surface area (Å²) in [6, 6.07) is 10.9. The van der Waals surface area contributed by atoms with Crippen molar-refractivity contribution in [1.29, 1.82) is 0 Å². The molecule has 0 bridgehead atoms. The second-order valence-corrected chi connectivity index (χ2v) is 10.7. The molecule has 0 aliphatic heterocycles. The van der Waals surface area contributed by atoms with Gasteiger partial charge in [-0.25, -0.2) is 0 Å². The monoisotopic (exact) mass is 417 g/mol. The Morgan fingerprint density at radius 3 is 2.44 bits per heavy atom. The Morgan fingerprint density at radius 2 is 1.70 bits per heavy atom. The number of pyridine rings is 1. The molecule has 4 aliphatic rings. The molecule has 1 aromatic heterocycles. The van der Waals surface area contributed by atoms with Crippen molar-refractivity contribution in [3.8, 4) is 11.1 Å². The van der Waals surface area contributed by atoms with E-state index in [1.165, 1.54) is 59.3 Å². The Hall–Kier alpha value is -0.760. The van der Waals surface area contributed by atoms with Crippen molar-refractivity contribution in [1.82, 2.24) is 4.98 Å². The van der Waals surface area contributed by atoms with Crippen molar-refractivity contribution in [3.63, 3.8) is 0 Å². The molecular weight excluding hydrogens is 397 g/mol. The van der Waals surface area contributed by atoms with Gasteiger partial charge in [-0.2, -0.15) is 0 Å². The van der Waals surface area contributed by atoms with Crippen LogP contribution < -0.4 is 0 Å². The highest BCUT2D eigenvalue weighted by Crippen LogP contribution is 2.89. The zero-order chi connectivity index (χ0) is 18.4. The van der Waals surface area contributed by atoms with E-state index in [2.05, 4.69) is 30.3 Å². The lowest BCUT2D eigenvalue weighted by atomic mass is 9.66. The van der Waals surface area contributed by atoms with Gasteiger partial charge in [0.1, 0.15) is 4.33 Å². The Morgan fingerprint density at radius 1 is 0.963 bits per heavy atom. The summed E-state index contributed by atoms with van der Waals surface area (Å²) in [5.74, 6) is 0.578. The number of hydrogen-bond acceptors (Lipinski definition) is 1. The zero-order valence-corrected chi connectivity index (χ0v) is 17.4. The van der Waals surface area contributed by atoms with Crippen molar-refractivity contribution in [3.05, 3.63) is 52.8 Å². The van der Waals surface area contributed by atoms with Crippen molar-refractivity contribution < 1.29 is 0 Å². The van der Waals surface area contributed by atoms with Gasteiger partial charge < -0.3 is 0 Å². The summed E-state index contributed by atoms with van der Waals surface area (Å²) in [5.41, 5.74) is 7.96. The van der Waals surface area contributed by atoms with E-state index >= 15 is 0 Å².